The molecule has 0 spiro atoms. The Balaban J connectivity index is 1.85. The van der Waals surface area contributed by atoms with Crippen LogP contribution in [-0.2, 0) is 23.5 Å². The molecule has 0 fully saturated rings. The first-order valence-corrected chi connectivity index (χ1v) is 10.6. The number of hydrogen-bond donors (Lipinski definition) is 1. The van der Waals surface area contributed by atoms with Crippen LogP contribution in [0.15, 0.2) is 54.6 Å². The zero-order valence-electron chi connectivity index (χ0n) is 15.9. The molecule has 0 saturated heterocycles. The number of hydrogen-bond acceptors (Lipinski definition) is 3. The van der Waals surface area contributed by atoms with E-state index in [1.54, 1.807) is 35.9 Å². The molecule has 0 aliphatic carbocycles. The Morgan fingerprint density at radius 2 is 1.82 bits per heavy atom. The Hall–Kier alpha value is -2.93. The second-order valence-electron chi connectivity index (χ2n) is 6.77. The number of carbonyl (C=O) groups is 1. The van der Waals surface area contributed by atoms with Gasteiger partial charge in [-0.15, -0.1) is 0 Å². The van der Waals surface area contributed by atoms with Gasteiger partial charge < -0.3 is 4.57 Å². The predicted molar refractivity (Wildman–Crippen MR) is 108 cm³/mol. The number of benzene rings is 2. The summed E-state index contributed by atoms with van der Waals surface area (Å²) in [5, 5.41) is 0. The van der Waals surface area contributed by atoms with Crippen LogP contribution in [0.3, 0.4) is 0 Å². The minimum absolute atomic E-state index is 0.0833. The number of ketones is 1. The van der Waals surface area contributed by atoms with Gasteiger partial charge in [-0.05, 0) is 42.3 Å². The molecule has 0 aliphatic heterocycles. The number of anilines is 1. The van der Waals surface area contributed by atoms with Gasteiger partial charge in [0.15, 0.2) is 0 Å². The van der Waals surface area contributed by atoms with Crippen LogP contribution in [0.5, 0.6) is 0 Å². The maximum Gasteiger partial charge on any atom is 0.229 e. The largest absolute Gasteiger partial charge is 0.345 e. The Morgan fingerprint density at radius 1 is 1.11 bits per heavy atom. The fourth-order valence-corrected chi connectivity index (χ4v) is 3.64. The van der Waals surface area contributed by atoms with Crippen LogP contribution in [0.4, 0.5) is 10.1 Å². The van der Waals surface area contributed by atoms with E-state index in [1.165, 1.54) is 6.07 Å². The monoisotopic (exact) mass is 400 g/mol. The van der Waals surface area contributed by atoms with Gasteiger partial charge in [0, 0.05) is 24.7 Å². The molecule has 1 aromatic heterocycles. The molecule has 3 rings (SSSR count). The van der Waals surface area contributed by atoms with Crippen LogP contribution in [0.25, 0.3) is 0 Å². The number of aromatic nitrogens is 1. The maximum atomic E-state index is 14.4. The Kier molecular flexibility index (Phi) is 5.38. The third-order valence-electron chi connectivity index (χ3n) is 4.58. The van der Waals surface area contributed by atoms with Crippen molar-refractivity contribution in [3.8, 4) is 0 Å². The minimum Gasteiger partial charge on any atom is -0.345 e. The Labute approximate surface area is 163 Å². The van der Waals surface area contributed by atoms with Gasteiger partial charge in [-0.25, -0.2) is 12.8 Å². The van der Waals surface area contributed by atoms with E-state index in [9.17, 15) is 17.6 Å². The van der Waals surface area contributed by atoms with Crippen molar-refractivity contribution in [2.75, 3.05) is 11.0 Å². The molecule has 0 saturated carbocycles. The van der Waals surface area contributed by atoms with Gasteiger partial charge in [-0.1, -0.05) is 30.3 Å². The molecule has 0 bridgehead atoms. The Bertz CT molecular complexity index is 1150. The predicted octanol–water partition coefficient (Wildman–Crippen LogP) is 3.67. The van der Waals surface area contributed by atoms with Crippen molar-refractivity contribution >= 4 is 21.5 Å². The first-order valence-electron chi connectivity index (χ1n) is 8.67. The highest BCUT2D eigenvalue weighted by Gasteiger charge is 2.17. The van der Waals surface area contributed by atoms with Gasteiger partial charge in [0.05, 0.1) is 17.6 Å². The molecule has 2 aromatic carbocycles. The van der Waals surface area contributed by atoms with Gasteiger partial charge in [0.25, 0.3) is 0 Å². The zero-order chi connectivity index (χ0) is 20.5. The molecule has 0 unspecified atom stereocenters. The van der Waals surface area contributed by atoms with Crippen molar-refractivity contribution < 1.29 is 17.6 Å². The fraction of sp³-hybridized carbons (Fsp3) is 0.190. The number of carbonyl (C=O) groups excluding carboxylic acids is 1. The maximum absolute atomic E-state index is 14.4. The third-order valence-corrected chi connectivity index (χ3v) is 5.18. The lowest BCUT2D eigenvalue weighted by Crippen LogP contribution is -2.11. The molecule has 7 heteroatoms. The quantitative estimate of drug-likeness (QED) is 0.642. The number of nitrogens with one attached hydrogen (secondary N) is 1. The van der Waals surface area contributed by atoms with E-state index in [2.05, 4.69) is 4.72 Å². The van der Waals surface area contributed by atoms with Crippen LogP contribution in [0, 0.1) is 12.7 Å². The summed E-state index contributed by atoms with van der Waals surface area (Å²) in [4.78, 5) is 12.8. The molecule has 1 N–H and O–H groups in total. The molecule has 0 aliphatic rings. The normalized spacial score (nSPS) is 11.4. The van der Waals surface area contributed by atoms with Crippen LogP contribution in [0.2, 0.25) is 0 Å². The molecule has 146 valence electrons. The molecular weight excluding hydrogens is 379 g/mol. The summed E-state index contributed by atoms with van der Waals surface area (Å²) in [6.45, 7) is 1.89. The summed E-state index contributed by atoms with van der Waals surface area (Å²) in [7, 11) is -1.69. The zero-order valence-corrected chi connectivity index (χ0v) is 16.7. The number of sulfonamides is 1. The van der Waals surface area contributed by atoms with Crippen molar-refractivity contribution in [2.24, 2.45) is 7.05 Å². The lowest BCUT2D eigenvalue weighted by molar-refractivity contribution is 0.103. The SMILES string of the molecule is Cc1ccccc1C(=O)c1ccc(Cc2ccc(NS(C)(=O)=O)cc2F)n1C. The van der Waals surface area contributed by atoms with Crippen LogP contribution in [-0.4, -0.2) is 25.0 Å². The molecule has 3 aromatic rings. The van der Waals surface area contributed by atoms with Crippen molar-refractivity contribution in [3.05, 3.63) is 88.5 Å². The average Bonchev–Trinajstić information content (AvgIpc) is 2.96. The van der Waals surface area contributed by atoms with E-state index in [4.69, 9.17) is 0 Å². The summed E-state index contributed by atoms with van der Waals surface area (Å²) in [5.74, 6) is -0.596. The van der Waals surface area contributed by atoms with E-state index >= 15 is 0 Å². The lowest BCUT2D eigenvalue weighted by atomic mass is 10.0. The van der Waals surface area contributed by atoms with E-state index in [0.717, 1.165) is 23.6 Å². The van der Waals surface area contributed by atoms with Gasteiger partial charge in [-0.3, -0.25) is 9.52 Å². The van der Waals surface area contributed by atoms with Gasteiger partial charge in [0.2, 0.25) is 15.8 Å². The lowest BCUT2D eigenvalue weighted by Gasteiger charge is -2.10. The highest BCUT2D eigenvalue weighted by atomic mass is 32.2. The molecule has 0 amide bonds. The summed E-state index contributed by atoms with van der Waals surface area (Å²) in [6.07, 6.45) is 1.29. The van der Waals surface area contributed by atoms with E-state index in [-0.39, 0.29) is 17.9 Å². The van der Waals surface area contributed by atoms with E-state index < -0.39 is 15.8 Å². The minimum atomic E-state index is -3.47. The number of aryl methyl sites for hydroxylation is 1. The molecule has 0 radical (unpaired) electrons. The van der Waals surface area contributed by atoms with Crippen LogP contribution in [0.1, 0.15) is 32.9 Å². The summed E-state index contributed by atoms with van der Waals surface area (Å²) < 4.78 is 41.0. The van der Waals surface area contributed by atoms with E-state index in [1.807, 2.05) is 25.1 Å². The van der Waals surface area contributed by atoms with Gasteiger partial charge >= 0.3 is 0 Å². The number of rotatable bonds is 6. The number of halogens is 1. The second kappa shape index (κ2) is 7.59. The van der Waals surface area contributed by atoms with Crippen molar-refractivity contribution in [2.45, 2.75) is 13.3 Å². The molecule has 0 atom stereocenters. The number of nitrogens with zero attached hydrogens (tertiary/aromatic N) is 1. The molecule has 5 nitrogen and oxygen atoms in total. The summed E-state index contributed by atoms with van der Waals surface area (Å²) in [5.41, 5.74) is 3.42. The topological polar surface area (TPSA) is 68.2 Å². The van der Waals surface area contributed by atoms with Crippen molar-refractivity contribution in [1.82, 2.24) is 4.57 Å². The van der Waals surface area contributed by atoms with Crippen LogP contribution >= 0.6 is 0 Å². The highest BCUT2D eigenvalue weighted by molar-refractivity contribution is 7.92. The van der Waals surface area contributed by atoms with Gasteiger partial charge in [-0.2, -0.15) is 0 Å². The first kappa shape index (κ1) is 19.8. The van der Waals surface area contributed by atoms with Crippen molar-refractivity contribution in [3.63, 3.8) is 0 Å². The Morgan fingerprint density at radius 3 is 2.46 bits per heavy atom. The molecular formula is C21H21FN2O3S. The van der Waals surface area contributed by atoms with Gasteiger partial charge in [0.1, 0.15) is 5.82 Å². The smallest absolute Gasteiger partial charge is 0.229 e. The fourth-order valence-electron chi connectivity index (χ4n) is 3.09. The third kappa shape index (κ3) is 4.31. The average molecular weight is 400 g/mol. The van der Waals surface area contributed by atoms with Crippen molar-refractivity contribution in [1.29, 1.82) is 0 Å². The first-order chi connectivity index (χ1) is 13.2. The standard InChI is InChI=1S/C21H21FN2O3S/c1-14-6-4-5-7-18(14)21(25)20-11-10-17(24(20)2)12-15-8-9-16(13-19(15)22)23-28(3,26)27/h4-11,13,23H,12H2,1-3H3. The second-order valence-corrected chi connectivity index (χ2v) is 8.52. The molecule has 28 heavy (non-hydrogen) atoms. The molecule has 1 heterocycles. The van der Waals surface area contributed by atoms with Crippen LogP contribution < -0.4 is 4.72 Å². The van der Waals surface area contributed by atoms with E-state index in [0.29, 0.717) is 16.8 Å². The highest BCUT2D eigenvalue weighted by Crippen LogP contribution is 2.21. The summed E-state index contributed by atoms with van der Waals surface area (Å²) in [6, 6.07) is 15.1. The summed E-state index contributed by atoms with van der Waals surface area (Å²) >= 11 is 0.